The van der Waals surface area contributed by atoms with Gasteiger partial charge in [0.2, 0.25) is 0 Å². The minimum Gasteiger partial charge on any atom is -0.322 e. The second kappa shape index (κ2) is 6.88. The predicted molar refractivity (Wildman–Crippen MR) is 105 cm³/mol. The topological polar surface area (TPSA) is 64.0 Å². The Bertz CT molecular complexity index is 1130. The van der Waals surface area contributed by atoms with E-state index in [1.54, 1.807) is 42.7 Å². The van der Waals surface area contributed by atoms with Gasteiger partial charge in [-0.1, -0.05) is 12.1 Å². The van der Waals surface area contributed by atoms with Gasteiger partial charge in [0.05, 0.1) is 11.0 Å². The van der Waals surface area contributed by atoms with Crippen LogP contribution in [0.1, 0.15) is 27.6 Å². The Morgan fingerprint density at radius 1 is 0.852 bits per heavy atom. The highest BCUT2D eigenvalue weighted by molar-refractivity contribution is 6.04. The van der Waals surface area contributed by atoms with Crippen LogP contribution in [0.4, 0.5) is 5.69 Å². The van der Waals surface area contributed by atoms with Crippen LogP contribution in [0.25, 0.3) is 16.7 Å². The van der Waals surface area contributed by atoms with Gasteiger partial charge in [0.25, 0.3) is 5.91 Å². The number of rotatable bonds is 4. The van der Waals surface area contributed by atoms with Crippen molar-refractivity contribution in [3.8, 4) is 5.69 Å². The number of carbonyl (C=O) groups is 2. The van der Waals surface area contributed by atoms with E-state index in [2.05, 4.69) is 10.3 Å². The fourth-order valence-electron chi connectivity index (χ4n) is 2.93. The van der Waals surface area contributed by atoms with Crippen LogP contribution in [0.3, 0.4) is 0 Å². The first-order valence-electron chi connectivity index (χ1n) is 8.57. The molecule has 0 radical (unpaired) electrons. The van der Waals surface area contributed by atoms with Gasteiger partial charge in [-0.3, -0.25) is 14.2 Å². The first kappa shape index (κ1) is 16.7. The van der Waals surface area contributed by atoms with Gasteiger partial charge < -0.3 is 5.32 Å². The van der Waals surface area contributed by atoms with Crippen LogP contribution in [0.15, 0.2) is 79.1 Å². The van der Waals surface area contributed by atoms with Crippen molar-refractivity contribution in [1.29, 1.82) is 0 Å². The number of ketones is 1. The number of carbonyl (C=O) groups excluding carboxylic acids is 2. The van der Waals surface area contributed by atoms with E-state index in [1.165, 1.54) is 6.92 Å². The molecule has 3 aromatic carbocycles. The number of imidazole rings is 1. The summed E-state index contributed by atoms with van der Waals surface area (Å²) in [6.45, 7) is 1.51. The molecule has 0 bridgehead atoms. The van der Waals surface area contributed by atoms with E-state index in [-0.39, 0.29) is 11.7 Å². The Morgan fingerprint density at radius 3 is 2.22 bits per heavy atom. The summed E-state index contributed by atoms with van der Waals surface area (Å²) >= 11 is 0. The Kier molecular flexibility index (Phi) is 4.26. The van der Waals surface area contributed by atoms with Crippen LogP contribution in [0.2, 0.25) is 0 Å². The SMILES string of the molecule is CC(=O)c1ccc(NC(=O)c2ccc(-n3cnc4ccccc43)cc2)cc1. The van der Waals surface area contributed by atoms with Crippen molar-refractivity contribution in [3.05, 3.63) is 90.3 Å². The van der Waals surface area contributed by atoms with Crippen molar-refractivity contribution < 1.29 is 9.59 Å². The maximum Gasteiger partial charge on any atom is 0.255 e. The minimum absolute atomic E-state index is 0.00417. The van der Waals surface area contributed by atoms with E-state index < -0.39 is 0 Å². The summed E-state index contributed by atoms with van der Waals surface area (Å²) in [5, 5.41) is 2.84. The van der Waals surface area contributed by atoms with Gasteiger partial charge in [0, 0.05) is 22.5 Å². The molecule has 0 aliphatic carbocycles. The van der Waals surface area contributed by atoms with E-state index in [1.807, 2.05) is 41.0 Å². The molecular formula is C22H17N3O2. The Morgan fingerprint density at radius 2 is 1.52 bits per heavy atom. The smallest absolute Gasteiger partial charge is 0.255 e. The molecule has 4 aromatic rings. The quantitative estimate of drug-likeness (QED) is 0.549. The second-order valence-corrected chi connectivity index (χ2v) is 6.24. The highest BCUT2D eigenvalue weighted by atomic mass is 16.1. The molecule has 5 nitrogen and oxygen atoms in total. The number of aromatic nitrogens is 2. The van der Waals surface area contributed by atoms with Gasteiger partial charge >= 0.3 is 0 Å². The molecule has 27 heavy (non-hydrogen) atoms. The zero-order valence-electron chi connectivity index (χ0n) is 14.7. The third-order valence-corrected chi connectivity index (χ3v) is 4.41. The van der Waals surface area contributed by atoms with Crippen molar-refractivity contribution in [2.45, 2.75) is 6.92 Å². The summed E-state index contributed by atoms with van der Waals surface area (Å²) in [7, 11) is 0. The standard InChI is InChI=1S/C22H17N3O2/c1-15(26)16-6-10-18(11-7-16)24-22(27)17-8-12-19(13-9-17)25-14-23-20-4-2-3-5-21(20)25/h2-14H,1H3,(H,24,27). The zero-order chi connectivity index (χ0) is 18.8. The average molecular weight is 355 g/mol. The molecule has 1 N–H and O–H groups in total. The highest BCUT2D eigenvalue weighted by Gasteiger charge is 2.08. The fraction of sp³-hybridized carbons (Fsp3) is 0.0455. The van der Waals surface area contributed by atoms with Gasteiger partial charge in [-0.2, -0.15) is 0 Å². The van der Waals surface area contributed by atoms with Crippen molar-refractivity contribution in [2.75, 3.05) is 5.32 Å². The van der Waals surface area contributed by atoms with Gasteiger partial charge in [0.1, 0.15) is 6.33 Å². The number of Topliss-reactive ketones (excluding diaryl/α,β-unsaturated/α-hetero) is 1. The summed E-state index contributed by atoms with van der Waals surface area (Å²) in [5.41, 5.74) is 4.69. The molecule has 132 valence electrons. The number of fused-ring (bicyclic) bond motifs is 1. The van der Waals surface area contributed by atoms with Gasteiger partial charge in [-0.15, -0.1) is 0 Å². The first-order valence-corrected chi connectivity index (χ1v) is 8.57. The van der Waals surface area contributed by atoms with Crippen molar-refractivity contribution >= 4 is 28.4 Å². The molecule has 0 fully saturated rings. The lowest BCUT2D eigenvalue weighted by Gasteiger charge is -2.08. The molecule has 4 rings (SSSR count). The lowest BCUT2D eigenvalue weighted by molar-refractivity contribution is 0.101. The third-order valence-electron chi connectivity index (χ3n) is 4.41. The summed E-state index contributed by atoms with van der Waals surface area (Å²) in [5.74, 6) is -0.205. The van der Waals surface area contributed by atoms with E-state index in [0.29, 0.717) is 16.8 Å². The second-order valence-electron chi connectivity index (χ2n) is 6.24. The normalized spacial score (nSPS) is 10.7. The first-order chi connectivity index (χ1) is 13.1. The van der Waals surface area contributed by atoms with Crippen LogP contribution in [0, 0.1) is 0 Å². The fourth-order valence-corrected chi connectivity index (χ4v) is 2.93. The Hall–Kier alpha value is -3.73. The van der Waals surface area contributed by atoms with Gasteiger partial charge in [-0.05, 0) is 67.6 Å². The molecule has 1 heterocycles. The highest BCUT2D eigenvalue weighted by Crippen LogP contribution is 2.19. The summed E-state index contributed by atoms with van der Waals surface area (Å²) in [6.07, 6.45) is 1.77. The monoisotopic (exact) mass is 355 g/mol. The molecule has 0 saturated carbocycles. The molecular weight excluding hydrogens is 338 g/mol. The number of hydrogen-bond donors (Lipinski definition) is 1. The number of hydrogen-bond acceptors (Lipinski definition) is 3. The number of benzene rings is 3. The molecule has 5 heteroatoms. The van der Waals surface area contributed by atoms with Crippen LogP contribution >= 0.6 is 0 Å². The molecule has 0 unspecified atom stereocenters. The number of amides is 1. The van der Waals surface area contributed by atoms with Crippen molar-refractivity contribution in [2.24, 2.45) is 0 Å². The zero-order valence-corrected chi connectivity index (χ0v) is 14.7. The average Bonchev–Trinajstić information content (AvgIpc) is 3.12. The number of nitrogens with zero attached hydrogens (tertiary/aromatic N) is 2. The third kappa shape index (κ3) is 3.35. The van der Waals surface area contributed by atoms with E-state index in [0.717, 1.165) is 16.7 Å². The predicted octanol–water partition coefficient (Wildman–Crippen LogP) is 4.48. The van der Waals surface area contributed by atoms with Crippen molar-refractivity contribution in [3.63, 3.8) is 0 Å². The van der Waals surface area contributed by atoms with Crippen LogP contribution in [-0.4, -0.2) is 21.2 Å². The van der Waals surface area contributed by atoms with Crippen LogP contribution < -0.4 is 5.32 Å². The molecule has 0 atom stereocenters. The van der Waals surface area contributed by atoms with E-state index >= 15 is 0 Å². The Labute approximate surface area is 156 Å². The van der Waals surface area contributed by atoms with Gasteiger partial charge in [0.15, 0.2) is 5.78 Å². The summed E-state index contributed by atoms with van der Waals surface area (Å²) < 4.78 is 1.98. The van der Waals surface area contributed by atoms with E-state index in [9.17, 15) is 9.59 Å². The maximum absolute atomic E-state index is 12.4. The number of para-hydroxylation sites is 2. The molecule has 0 saturated heterocycles. The lowest BCUT2D eigenvalue weighted by atomic mass is 10.1. The molecule has 0 aliphatic heterocycles. The minimum atomic E-state index is -0.201. The Balaban J connectivity index is 1.53. The number of nitrogens with one attached hydrogen (secondary N) is 1. The molecule has 1 aromatic heterocycles. The van der Waals surface area contributed by atoms with E-state index in [4.69, 9.17) is 0 Å². The molecule has 0 spiro atoms. The van der Waals surface area contributed by atoms with Gasteiger partial charge in [-0.25, -0.2) is 4.98 Å². The van der Waals surface area contributed by atoms with Crippen molar-refractivity contribution in [1.82, 2.24) is 9.55 Å². The molecule has 1 amide bonds. The van der Waals surface area contributed by atoms with Crippen LogP contribution in [-0.2, 0) is 0 Å². The summed E-state index contributed by atoms with van der Waals surface area (Å²) in [6, 6.07) is 22.1. The van der Waals surface area contributed by atoms with Crippen LogP contribution in [0.5, 0.6) is 0 Å². The number of anilines is 1. The molecule has 0 aliphatic rings. The maximum atomic E-state index is 12.4. The lowest BCUT2D eigenvalue weighted by Crippen LogP contribution is -2.12. The summed E-state index contributed by atoms with van der Waals surface area (Å²) in [4.78, 5) is 28.2. The largest absolute Gasteiger partial charge is 0.322 e.